The number of hydrogen-bond acceptors (Lipinski definition) is 1. The highest BCUT2D eigenvalue weighted by Crippen LogP contribution is 2.14. The van der Waals surface area contributed by atoms with Gasteiger partial charge in [0.25, 0.3) is 12.3 Å². The second-order valence-corrected chi connectivity index (χ2v) is 4.17. The van der Waals surface area contributed by atoms with Crippen LogP contribution < -0.4 is 0 Å². The first-order chi connectivity index (χ1) is 8.45. The summed E-state index contributed by atoms with van der Waals surface area (Å²) in [5.74, 6) is -1.16. The van der Waals surface area contributed by atoms with Crippen molar-refractivity contribution in [3.63, 3.8) is 0 Å². The summed E-state index contributed by atoms with van der Waals surface area (Å²) >= 11 is 5.47. The van der Waals surface area contributed by atoms with Crippen molar-refractivity contribution in [2.45, 2.75) is 13.3 Å². The SMILES string of the molecule is Cc1ccc(F)cc1C(=O)N(CCCl)CC(F)F. The fourth-order valence-corrected chi connectivity index (χ4v) is 1.74. The molecule has 0 aliphatic heterocycles. The maximum Gasteiger partial charge on any atom is 0.255 e. The summed E-state index contributed by atoms with van der Waals surface area (Å²) in [6.07, 6.45) is -2.65. The van der Waals surface area contributed by atoms with E-state index in [1.54, 1.807) is 6.92 Å². The predicted octanol–water partition coefficient (Wildman–Crippen LogP) is 3.08. The smallest absolute Gasteiger partial charge is 0.255 e. The summed E-state index contributed by atoms with van der Waals surface area (Å²) in [5, 5.41) is 0. The molecule has 0 atom stereocenters. The minimum Gasteiger partial charge on any atom is -0.332 e. The maximum atomic E-state index is 13.1. The van der Waals surface area contributed by atoms with Crippen molar-refractivity contribution in [1.29, 1.82) is 0 Å². The van der Waals surface area contributed by atoms with Crippen LogP contribution in [-0.4, -0.2) is 36.2 Å². The lowest BCUT2D eigenvalue weighted by Crippen LogP contribution is -2.37. The highest BCUT2D eigenvalue weighted by Gasteiger charge is 2.21. The van der Waals surface area contributed by atoms with Gasteiger partial charge in [0.1, 0.15) is 5.82 Å². The van der Waals surface area contributed by atoms with Gasteiger partial charge in [0.05, 0.1) is 6.54 Å². The Morgan fingerprint density at radius 2 is 2.11 bits per heavy atom. The molecule has 0 bridgehead atoms. The summed E-state index contributed by atoms with van der Waals surface area (Å²) in [6, 6.07) is 3.69. The number of aryl methyl sites for hydroxylation is 1. The fourth-order valence-electron chi connectivity index (χ4n) is 1.54. The number of nitrogens with zero attached hydrogens (tertiary/aromatic N) is 1. The van der Waals surface area contributed by atoms with Crippen LogP contribution in [0.1, 0.15) is 15.9 Å². The molecule has 0 saturated heterocycles. The van der Waals surface area contributed by atoms with Gasteiger partial charge in [-0.15, -0.1) is 11.6 Å². The standard InChI is InChI=1S/C12H13ClF3NO/c1-8-2-3-9(14)6-10(8)12(18)17(5-4-13)7-11(15)16/h2-3,6,11H,4-5,7H2,1H3. The Morgan fingerprint density at radius 1 is 1.44 bits per heavy atom. The molecule has 1 aromatic carbocycles. The molecule has 1 amide bonds. The van der Waals surface area contributed by atoms with Gasteiger partial charge in [0.15, 0.2) is 0 Å². The molecule has 1 aromatic rings. The maximum absolute atomic E-state index is 13.1. The van der Waals surface area contributed by atoms with E-state index in [2.05, 4.69) is 0 Å². The van der Waals surface area contributed by atoms with Crippen molar-refractivity contribution in [2.24, 2.45) is 0 Å². The van der Waals surface area contributed by atoms with Crippen molar-refractivity contribution in [3.8, 4) is 0 Å². The van der Waals surface area contributed by atoms with Crippen LogP contribution in [0.25, 0.3) is 0 Å². The number of rotatable bonds is 5. The number of halogens is 4. The molecule has 0 unspecified atom stereocenters. The third-order valence-corrected chi connectivity index (χ3v) is 2.60. The molecule has 6 heteroatoms. The van der Waals surface area contributed by atoms with E-state index in [-0.39, 0.29) is 18.0 Å². The van der Waals surface area contributed by atoms with E-state index in [0.29, 0.717) is 5.56 Å². The zero-order valence-electron chi connectivity index (χ0n) is 9.80. The van der Waals surface area contributed by atoms with Crippen molar-refractivity contribution in [2.75, 3.05) is 19.0 Å². The molecule has 0 spiro atoms. The second-order valence-electron chi connectivity index (χ2n) is 3.79. The average Bonchev–Trinajstić information content (AvgIpc) is 2.30. The first-order valence-electron chi connectivity index (χ1n) is 5.35. The molecule has 0 aliphatic carbocycles. The van der Waals surface area contributed by atoms with Crippen LogP contribution >= 0.6 is 11.6 Å². The first kappa shape index (κ1) is 14.8. The Kier molecular flexibility index (Phi) is 5.47. The minimum absolute atomic E-state index is 0.000677. The van der Waals surface area contributed by atoms with E-state index < -0.39 is 24.7 Å². The van der Waals surface area contributed by atoms with E-state index in [4.69, 9.17) is 11.6 Å². The van der Waals surface area contributed by atoms with E-state index in [1.165, 1.54) is 12.1 Å². The van der Waals surface area contributed by atoms with Crippen molar-refractivity contribution >= 4 is 17.5 Å². The third-order valence-electron chi connectivity index (χ3n) is 2.43. The predicted molar refractivity (Wildman–Crippen MR) is 63.8 cm³/mol. The Labute approximate surface area is 108 Å². The van der Waals surface area contributed by atoms with Crippen LogP contribution in [0.5, 0.6) is 0 Å². The van der Waals surface area contributed by atoms with Crippen molar-refractivity contribution < 1.29 is 18.0 Å². The van der Waals surface area contributed by atoms with Gasteiger partial charge in [0.2, 0.25) is 0 Å². The Morgan fingerprint density at radius 3 is 2.67 bits per heavy atom. The van der Waals surface area contributed by atoms with Crippen LogP contribution in [0.2, 0.25) is 0 Å². The lowest BCUT2D eigenvalue weighted by molar-refractivity contribution is 0.0570. The molecular weight excluding hydrogens is 267 g/mol. The monoisotopic (exact) mass is 279 g/mol. The minimum atomic E-state index is -2.65. The molecule has 0 N–H and O–H groups in total. The van der Waals surface area contributed by atoms with Gasteiger partial charge in [-0.25, -0.2) is 13.2 Å². The zero-order chi connectivity index (χ0) is 13.7. The summed E-state index contributed by atoms with van der Waals surface area (Å²) in [5.41, 5.74) is 0.621. The van der Waals surface area contributed by atoms with E-state index in [9.17, 15) is 18.0 Å². The molecule has 2 nitrogen and oxygen atoms in total. The second kappa shape index (κ2) is 6.64. The normalized spacial score (nSPS) is 10.8. The van der Waals surface area contributed by atoms with Crippen LogP contribution in [0, 0.1) is 12.7 Å². The Hall–Kier alpha value is -1.23. The molecule has 0 aliphatic rings. The topological polar surface area (TPSA) is 20.3 Å². The number of carbonyl (C=O) groups excluding carboxylic acids is 1. The summed E-state index contributed by atoms with van der Waals surface area (Å²) in [6.45, 7) is 0.913. The van der Waals surface area contributed by atoms with Crippen molar-refractivity contribution in [1.82, 2.24) is 4.90 Å². The van der Waals surface area contributed by atoms with Gasteiger partial charge in [-0.3, -0.25) is 4.79 Å². The fraction of sp³-hybridized carbons (Fsp3) is 0.417. The summed E-state index contributed by atoms with van der Waals surface area (Å²) < 4.78 is 37.8. The van der Waals surface area contributed by atoms with Gasteiger partial charge in [-0.05, 0) is 24.6 Å². The lowest BCUT2D eigenvalue weighted by Gasteiger charge is -2.22. The van der Waals surface area contributed by atoms with Crippen LogP contribution in [-0.2, 0) is 0 Å². The Balaban J connectivity index is 2.97. The van der Waals surface area contributed by atoms with Gasteiger partial charge in [-0.2, -0.15) is 0 Å². The number of alkyl halides is 3. The van der Waals surface area contributed by atoms with Gasteiger partial charge in [0, 0.05) is 18.0 Å². The van der Waals surface area contributed by atoms with Gasteiger partial charge < -0.3 is 4.90 Å². The van der Waals surface area contributed by atoms with Crippen LogP contribution in [0.4, 0.5) is 13.2 Å². The highest BCUT2D eigenvalue weighted by molar-refractivity contribution is 6.18. The zero-order valence-corrected chi connectivity index (χ0v) is 10.6. The lowest BCUT2D eigenvalue weighted by atomic mass is 10.1. The Bertz CT molecular complexity index is 426. The summed E-state index contributed by atoms with van der Waals surface area (Å²) in [4.78, 5) is 12.9. The number of hydrogen-bond donors (Lipinski definition) is 0. The molecule has 0 radical (unpaired) electrons. The number of benzene rings is 1. The van der Waals surface area contributed by atoms with Crippen LogP contribution in [0.15, 0.2) is 18.2 Å². The first-order valence-corrected chi connectivity index (χ1v) is 5.88. The van der Waals surface area contributed by atoms with Crippen molar-refractivity contribution in [3.05, 3.63) is 35.1 Å². The molecule has 0 aromatic heterocycles. The van der Waals surface area contributed by atoms with Gasteiger partial charge in [-0.1, -0.05) is 6.07 Å². The third kappa shape index (κ3) is 3.91. The summed E-state index contributed by atoms with van der Waals surface area (Å²) in [7, 11) is 0. The average molecular weight is 280 g/mol. The molecular formula is C12H13ClF3NO. The highest BCUT2D eigenvalue weighted by atomic mass is 35.5. The molecule has 100 valence electrons. The number of amides is 1. The van der Waals surface area contributed by atoms with Crippen LogP contribution in [0.3, 0.4) is 0 Å². The largest absolute Gasteiger partial charge is 0.332 e. The molecule has 0 heterocycles. The van der Waals surface area contributed by atoms with E-state index >= 15 is 0 Å². The quantitative estimate of drug-likeness (QED) is 0.759. The molecule has 0 saturated carbocycles. The number of carbonyl (C=O) groups is 1. The van der Waals surface area contributed by atoms with Gasteiger partial charge >= 0.3 is 0 Å². The van der Waals surface area contributed by atoms with E-state index in [1.807, 2.05) is 0 Å². The molecule has 0 fully saturated rings. The molecule has 18 heavy (non-hydrogen) atoms. The van der Waals surface area contributed by atoms with E-state index in [0.717, 1.165) is 11.0 Å². The molecule has 1 rings (SSSR count).